The van der Waals surface area contributed by atoms with Crippen LogP contribution in [0.5, 0.6) is 5.75 Å². The SMILES string of the molecule is NC(=O)C(N)=O.Oc1ccccc1. The van der Waals surface area contributed by atoms with Gasteiger partial charge in [-0.3, -0.25) is 9.59 Å². The monoisotopic (exact) mass is 182 g/mol. The van der Waals surface area contributed by atoms with Crippen molar-refractivity contribution in [3.8, 4) is 5.75 Å². The minimum atomic E-state index is -1.10. The summed E-state index contributed by atoms with van der Waals surface area (Å²) >= 11 is 0. The lowest BCUT2D eigenvalue weighted by atomic mass is 10.3. The summed E-state index contributed by atoms with van der Waals surface area (Å²) in [7, 11) is 0. The summed E-state index contributed by atoms with van der Waals surface area (Å²) in [6, 6.07) is 8.71. The van der Waals surface area contributed by atoms with Crippen molar-refractivity contribution in [2.24, 2.45) is 11.5 Å². The van der Waals surface area contributed by atoms with Gasteiger partial charge >= 0.3 is 11.8 Å². The van der Waals surface area contributed by atoms with E-state index in [9.17, 15) is 9.59 Å². The van der Waals surface area contributed by atoms with Crippen LogP contribution < -0.4 is 11.5 Å². The zero-order valence-corrected chi connectivity index (χ0v) is 6.81. The number of nitrogens with two attached hydrogens (primary N) is 2. The van der Waals surface area contributed by atoms with E-state index in [-0.39, 0.29) is 0 Å². The Morgan fingerprint density at radius 3 is 1.54 bits per heavy atom. The Kier molecular flexibility index (Phi) is 4.71. The molecule has 0 heterocycles. The van der Waals surface area contributed by atoms with Crippen molar-refractivity contribution in [3.05, 3.63) is 30.3 Å². The van der Waals surface area contributed by atoms with Gasteiger partial charge < -0.3 is 16.6 Å². The number of phenols is 1. The summed E-state index contributed by atoms with van der Waals surface area (Å²) in [5.74, 6) is -1.88. The van der Waals surface area contributed by atoms with Gasteiger partial charge in [0.25, 0.3) is 0 Å². The van der Waals surface area contributed by atoms with Crippen molar-refractivity contribution in [1.82, 2.24) is 0 Å². The molecule has 0 atom stereocenters. The molecular weight excluding hydrogens is 172 g/mol. The molecule has 0 aromatic heterocycles. The maximum atomic E-state index is 9.45. The first kappa shape index (κ1) is 11.0. The molecule has 0 bridgehead atoms. The van der Waals surface area contributed by atoms with Gasteiger partial charge in [-0.1, -0.05) is 18.2 Å². The maximum Gasteiger partial charge on any atom is 0.306 e. The molecule has 13 heavy (non-hydrogen) atoms. The fourth-order valence-electron chi connectivity index (χ4n) is 0.428. The minimum Gasteiger partial charge on any atom is -0.508 e. The Morgan fingerprint density at radius 2 is 1.38 bits per heavy atom. The summed E-state index contributed by atoms with van der Waals surface area (Å²) < 4.78 is 0. The average Bonchev–Trinajstić information content (AvgIpc) is 2.06. The highest BCUT2D eigenvalue weighted by Crippen LogP contribution is 2.02. The molecule has 1 aromatic carbocycles. The van der Waals surface area contributed by atoms with E-state index in [4.69, 9.17) is 5.11 Å². The first-order valence-corrected chi connectivity index (χ1v) is 3.37. The molecule has 0 spiro atoms. The van der Waals surface area contributed by atoms with Gasteiger partial charge in [-0.2, -0.15) is 0 Å². The topological polar surface area (TPSA) is 106 Å². The lowest BCUT2D eigenvalue weighted by Crippen LogP contribution is -2.29. The lowest BCUT2D eigenvalue weighted by molar-refractivity contribution is -0.135. The van der Waals surface area contributed by atoms with Crippen LogP contribution in [0.3, 0.4) is 0 Å². The van der Waals surface area contributed by atoms with Crippen molar-refractivity contribution in [3.63, 3.8) is 0 Å². The number of para-hydroxylation sites is 1. The van der Waals surface area contributed by atoms with Gasteiger partial charge in [0.05, 0.1) is 0 Å². The van der Waals surface area contributed by atoms with Crippen LogP contribution in [0.4, 0.5) is 0 Å². The molecular formula is C8H10N2O3. The molecule has 0 aliphatic rings. The zero-order valence-electron chi connectivity index (χ0n) is 6.81. The molecule has 0 fully saturated rings. The van der Waals surface area contributed by atoms with Gasteiger partial charge in [-0.25, -0.2) is 0 Å². The van der Waals surface area contributed by atoms with Crippen LogP contribution in [0, 0.1) is 0 Å². The van der Waals surface area contributed by atoms with Gasteiger partial charge in [-0.15, -0.1) is 0 Å². The second kappa shape index (κ2) is 5.59. The molecule has 5 heteroatoms. The van der Waals surface area contributed by atoms with Crippen LogP contribution in [0.2, 0.25) is 0 Å². The highest BCUT2D eigenvalue weighted by molar-refractivity contribution is 6.33. The highest BCUT2D eigenvalue weighted by Gasteiger charge is 1.96. The van der Waals surface area contributed by atoms with E-state index in [1.165, 1.54) is 0 Å². The Labute approximate surface area is 75.0 Å². The first-order chi connectivity index (χ1) is 6.04. The zero-order chi connectivity index (χ0) is 10.3. The minimum absolute atomic E-state index is 0.322. The van der Waals surface area contributed by atoms with Crippen molar-refractivity contribution < 1.29 is 14.7 Å². The smallest absolute Gasteiger partial charge is 0.306 e. The second-order valence-corrected chi connectivity index (χ2v) is 2.06. The van der Waals surface area contributed by atoms with Gasteiger partial charge in [0.15, 0.2) is 0 Å². The molecule has 0 radical (unpaired) electrons. The van der Waals surface area contributed by atoms with E-state index in [0.29, 0.717) is 5.75 Å². The average molecular weight is 182 g/mol. The van der Waals surface area contributed by atoms with E-state index >= 15 is 0 Å². The quantitative estimate of drug-likeness (QED) is 0.464. The summed E-state index contributed by atoms with van der Waals surface area (Å²) in [6.07, 6.45) is 0. The van der Waals surface area contributed by atoms with Crippen molar-refractivity contribution in [2.45, 2.75) is 0 Å². The molecule has 0 saturated carbocycles. The van der Waals surface area contributed by atoms with Crippen molar-refractivity contribution in [2.75, 3.05) is 0 Å². The normalized spacial score (nSPS) is 8.00. The number of benzene rings is 1. The van der Waals surface area contributed by atoms with Crippen LogP contribution in [-0.2, 0) is 9.59 Å². The molecule has 0 aliphatic carbocycles. The van der Waals surface area contributed by atoms with Gasteiger partial charge in [0.2, 0.25) is 0 Å². The van der Waals surface area contributed by atoms with Crippen molar-refractivity contribution >= 4 is 11.8 Å². The van der Waals surface area contributed by atoms with Crippen LogP contribution in [-0.4, -0.2) is 16.9 Å². The Balaban J connectivity index is 0.000000226. The summed E-state index contributed by atoms with van der Waals surface area (Å²) in [4.78, 5) is 18.9. The number of hydrogen-bond acceptors (Lipinski definition) is 3. The van der Waals surface area contributed by atoms with Gasteiger partial charge in [0.1, 0.15) is 5.75 Å². The van der Waals surface area contributed by atoms with E-state index in [0.717, 1.165) is 0 Å². The number of phenolic OH excluding ortho intramolecular Hbond substituents is 1. The molecule has 1 aromatic rings. The van der Waals surface area contributed by atoms with Crippen LogP contribution >= 0.6 is 0 Å². The number of rotatable bonds is 0. The molecule has 1 rings (SSSR count). The molecule has 70 valence electrons. The maximum absolute atomic E-state index is 9.45. The van der Waals surface area contributed by atoms with E-state index in [1.54, 1.807) is 24.3 Å². The van der Waals surface area contributed by atoms with E-state index in [2.05, 4.69) is 11.5 Å². The standard InChI is InChI=1S/C6H6O.C2H4N2O2/c7-6-4-2-1-3-5-6;3-1(5)2(4)6/h1-5,7H;(H2,3,5)(H2,4,6). The summed E-state index contributed by atoms with van der Waals surface area (Å²) in [5.41, 5.74) is 8.64. The van der Waals surface area contributed by atoms with Gasteiger partial charge in [-0.05, 0) is 12.1 Å². The largest absolute Gasteiger partial charge is 0.508 e. The van der Waals surface area contributed by atoms with Crippen molar-refractivity contribution in [1.29, 1.82) is 0 Å². The Morgan fingerprint density at radius 1 is 1.00 bits per heavy atom. The van der Waals surface area contributed by atoms with Crippen LogP contribution in [0.15, 0.2) is 30.3 Å². The number of carbonyl (C=O) groups is 2. The number of amides is 2. The third kappa shape index (κ3) is 6.36. The second-order valence-electron chi connectivity index (χ2n) is 2.06. The van der Waals surface area contributed by atoms with Crippen LogP contribution in [0.1, 0.15) is 0 Å². The van der Waals surface area contributed by atoms with E-state index in [1.807, 2.05) is 6.07 Å². The molecule has 0 saturated heterocycles. The predicted molar refractivity (Wildman–Crippen MR) is 46.5 cm³/mol. The molecule has 5 N–H and O–H groups in total. The lowest BCUT2D eigenvalue weighted by Gasteiger charge is -1.82. The predicted octanol–water partition coefficient (Wildman–Crippen LogP) is -0.651. The number of primary amides is 2. The van der Waals surface area contributed by atoms with Crippen LogP contribution in [0.25, 0.3) is 0 Å². The summed E-state index contributed by atoms with van der Waals surface area (Å²) in [5, 5.41) is 8.63. The third-order valence-corrected chi connectivity index (χ3v) is 0.999. The fraction of sp³-hybridized carbons (Fsp3) is 0. The van der Waals surface area contributed by atoms with Gasteiger partial charge in [0, 0.05) is 0 Å². The fourth-order valence-corrected chi connectivity index (χ4v) is 0.428. The number of aromatic hydroxyl groups is 1. The highest BCUT2D eigenvalue weighted by atomic mass is 16.3. The van der Waals surface area contributed by atoms with E-state index < -0.39 is 11.8 Å². The molecule has 5 nitrogen and oxygen atoms in total. The summed E-state index contributed by atoms with van der Waals surface area (Å²) in [6.45, 7) is 0. The Bertz CT molecular complexity index is 273. The Hall–Kier alpha value is -2.04. The number of carbonyl (C=O) groups excluding carboxylic acids is 2. The molecule has 0 unspecified atom stereocenters. The molecule has 0 aliphatic heterocycles. The third-order valence-electron chi connectivity index (χ3n) is 0.999. The first-order valence-electron chi connectivity index (χ1n) is 3.37. The molecule has 2 amide bonds. The number of hydrogen-bond donors (Lipinski definition) is 3.